The number of rotatable bonds is 11. The first-order valence-electron chi connectivity index (χ1n) is 8.16. The Labute approximate surface area is 181 Å². The third kappa shape index (κ3) is 7.55. The number of amides is 6. The molecule has 10 nitrogen and oxygen atoms in total. The number of carbonyl (C=O) groups excluding carboxylic acids is 6. The molecule has 0 aliphatic rings. The summed E-state index contributed by atoms with van der Waals surface area (Å²) in [6.07, 6.45) is 3.16. The second-order valence-electron chi connectivity index (χ2n) is 5.30. The zero-order chi connectivity index (χ0) is 23.4. The predicted molar refractivity (Wildman–Crippen MR) is 115 cm³/mol. The standard InChI is InChI=1S/C18H22N4O6S2/c1-5-13(23)21(14(24)6-2)17(27)11(19)9-29-30-10-12(20)18(28)22(15(25)7-3)16(26)8-4/h5-8,11-12H,1-4,9-10,19-20H2/t11-,12?/m0/s1. The summed E-state index contributed by atoms with van der Waals surface area (Å²) in [5.74, 6) is -5.72. The van der Waals surface area contributed by atoms with Crippen molar-refractivity contribution in [3.8, 4) is 0 Å². The molecule has 6 amide bonds. The van der Waals surface area contributed by atoms with Crippen LogP contribution in [0.1, 0.15) is 0 Å². The van der Waals surface area contributed by atoms with E-state index in [9.17, 15) is 28.8 Å². The van der Waals surface area contributed by atoms with Gasteiger partial charge in [-0.25, -0.2) is 9.80 Å². The number of imide groups is 6. The first kappa shape index (κ1) is 27.2. The van der Waals surface area contributed by atoms with E-state index in [1.54, 1.807) is 0 Å². The molecule has 0 saturated heterocycles. The van der Waals surface area contributed by atoms with Gasteiger partial charge in [0.15, 0.2) is 0 Å². The Morgan fingerprint density at radius 1 is 0.633 bits per heavy atom. The van der Waals surface area contributed by atoms with Crippen LogP contribution in [0.4, 0.5) is 0 Å². The fraction of sp³-hybridized carbons (Fsp3) is 0.222. The molecule has 12 heteroatoms. The van der Waals surface area contributed by atoms with E-state index in [2.05, 4.69) is 26.3 Å². The maximum absolute atomic E-state index is 12.2. The van der Waals surface area contributed by atoms with Gasteiger partial charge >= 0.3 is 0 Å². The first-order chi connectivity index (χ1) is 14.1. The molecule has 0 spiro atoms. The van der Waals surface area contributed by atoms with Crippen LogP contribution >= 0.6 is 21.6 Å². The molecule has 0 aliphatic carbocycles. The molecular weight excluding hydrogens is 432 g/mol. The van der Waals surface area contributed by atoms with Gasteiger partial charge in [-0.15, -0.1) is 0 Å². The summed E-state index contributed by atoms with van der Waals surface area (Å²) in [5, 5.41) is 0. The molecule has 1 unspecified atom stereocenters. The van der Waals surface area contributed by atoms with Crippen molar-refractivity contribution in [3.63, 3.8) is 0 Å². The lowest BCUT2D eigenvalue weighted by Crippen LogP contribution is -2.50. The Bertz CT molecular complexity index is 679. The van der Waals surface area contributed by atoms with Crippen molar-refractivity contribution in [3.05, 3.63) is 50.6 Å². The minimum Gasteiger partial charge on any atom is -0.319 e. The highest BCUT2D eigenvalue weighted by Gasteiger charge is 2.31. The summed E-state index contributed by atoms with van der Waals surface area (Å²) < 4.78 is 0. The first-order valence-corrected chi connectivity index (χ1v) is 10.6. The molecule has 0 heterocycles. The average molecular weight is 455 g/mol. The SMILES string of the molecule is C=CC(=O)N(C(=O)C=C)C(=O)C(N)CSSC[C@H](N)C(=O)N(C(=O)C=C)C(=O)C=C. The zero-order valence-electron chi connectivity index (χ0n) is 16.0. The molecule has 4 N–H and O–H groups in total. The molecule has 0 fully saturated rings. The van der Waals surface area contributed by atoms with Gasteiger partial charge in [-0.05, 0) is 24.3 Å². The van der Waals surface area contributed by atoms with Gasteiger partial charge in [-0.1, -0.05) is 47.9 Å². The van der Waals surface area contributed by atoms with Crippen LogP contribution < -0.4 is 11.5 Å². The highest BCUT2D eigenvalue weighted by molar-refractivity contribution is 8.76. The third-order valence-corrected chi connectivity index (χ3v) is 5.71. The summed E-state index contributed by atoms with van der Waals surface area (Å²) in [6.45, 7) is 12.8. The molecule has 0 radical (unpaired) electrons. The highest BCUT2D eigenvalue weighted by Crippen LogP contribution is 2.23. The van der Waals surface area contributed by atoms with Gasteiger partial charge in [0.2, 0.25) is 0 Å². The summed E-state index contributed by atoms with van der Waals surface area (Å²) in [7, 11) is 2.08. The van der Waals surface area contributed by atoms with E-state index in [1.165, 1.54) is 0 Å². The fourth-order valence-corrected chi connectivity index (χ4v) is 3.96. The van der Waals surface area contributed by atoms with Crippen LogP contribution in [-0.4, -0.2) is 68.8 Å². The van der Waals surface area contributed by atoms with Gasteiger partial charge in [-0.3, -0.25) is 28.8 Å². The van der Waals surface area contributed by atoms with Gasteiger partial charge in [0.25, 0.3) is 35.4 Å². The number of hydrogen-bond donors (Lipinski definition) is 2. The normalized spacial score (nSPS) is 11.9. The van der Waals surface area contributed by atoms with E-state index >= 15 is 0 Å². The van der Waals surface area contributed by atoms with Gasteiger partial charge in [-0.2, -0.15) is 0 Å². The molecule has 2 atom stereocenters. The van der Waals surface area contributed by atoms with E-state index in [0.717, 1.165) is 45.9 Å². The van der Waals surface area contributed by atoms with Gasteiger partial charge in [0, 0.05) is 11.5 Å². The summed E-state index contributed by atoms with van der Waals surface area (Å²) in [4.78, 5) is 71.9. The van der Waals surface area contributed by atoms with Crippen LogP contribution in [0.2, 0.25) is 0 Å². The smallest absolute Gasteiger partial charge is 0.259 e. The third-order valence-electron chi connectivity index (χ3n) is 3.23. The Kier molecular flexibility index (Phi) is 12.2. The van der Waals surface area contributed by atoms with Crippen molar-refractivity contribution >= 4 is 57.0 Å². The van der Waals surface area contributed by atoms with Crippen molar-refractivity contribution in [2.75, 3.05) is 11.5 Å². The molecular formula is C18H22N4O6S2. The van der Waals surface area contributed by atoms with Crippen molar-refractivity contribution in [2.24, 2.45) is 11.5 Å². The maximum atomic E-state index is 12.2. The lowest BCUT2D eigenvalue weighted by Gasteiger charge is -2.20. The lowest BCUT2D eigenvalue weighted by molar-refractivity contribution is -0.152. The van der Waals surface area contributed by atoms with Gasteiger partial charge < -0.3 is 11.5 Å². The molecule has 0 aromatic carbocycles. The number of hydrogen-bond acceptors (Lipinski definition) is 10. The van der Waals surface area contributed by atoms with Crippen molar-refractivity contribution < 1.29 is 28.8 Å². The van der Waals surface area contributed by atoms with Crippen LogP contribution in [0, 0.1) is 0 Å². The Morgan fingerprint density at radius 2 is 0.867 bits per heavy atom. The Balaban J connectivity index is 4.85. The van der Waals surface area contributed by atoms with E-state index in [4.69, 9.17) is 11.5 Å². The molecule has 162 valence electrons. The minimum absolute atomic E-state index is 0.0311. The largest absolute Gasteiger partial charge is 0.319 e. The number of nitrogens with zero attached hydrogens (tertiary/aromatic N) is 2. The van der Waals surface area contributed by atoms with Crippen molar-refractivity contribution in [2.45, 2.75) is 12.1 Å². The van der Waals surface area contributed by atoms with Crippen LogP contribution in [0.3, 0.4) is 0 Å². The topological polar surface area (TPSA) is 161 Å². The summed E-state index contributed by atoms with van der Waals surface area (Å²) >= 11 is 0. The summed E-state index contributed by atoms with van der Waals surface area (Å²) in [6, 6.07) is -2.44. The van der Waals surface area contributed by atoms with E-state index < -0.39 is 47.5 Å². The van der Waals surface area contributed by atoms with Crippen molar-refractivity contribution in [1.82, 2.24) is 9.80 Å². The monoisotopic (exact) mass is 454 g/mol. The number of carbonyl (C=O) groups is 6. The van der Waals surface area contributed by atoms with Crippen molar-refractivity contribution in [1.29, 1.82) is 0 Å². The van der Waals surface area contributed by atoms with Crippen LogP contribution in [0.25, 0.3) is 0 Å². The maximum Gasteiger partial charge on any atom is 0.259 e. The minimum atomic E-state index is -1.22. The zero-order valence-corrected chi connectivity index (χ0v) is 17.7. The van der Waals surface area contributed by atoms with Gasteiger partial charge in [0.05, 0.1) is 12.1 Å². The van der Waals surface area contributed by atoms with Crippen LogP contribution in [0.15, 0.2) is 50.6 Å². The number of nitrogens with two attached hydrogens (primary N) is 2. The predicted octanol–water partition coefficient (Wildman–Crippen LogP) is -0.470. The molecule has 0 aromatic heterocycles. The van der Waals surface area contributed by atoms with E-state index in [0.29, 0.717) is 9.80 Å². The lowest BCUT2D eigenvalue weighted by atomic mass is 10.3. The van der Waals surface area contributed by atoms with E-state index in [1.807, 2.05) is 0 Å². The molecule has 0 rings (SSSR count). The molecule has 0 aromatic rings. The Hall–Kier alpha value is -2.80. The molecule has 0 aliphatic heterocycles. The summed E-state index contributed by atoms with van der Waals surface area (Å²) in [5.41, 5.74) is 11.5. The molecule has 0 bridgehead atoms. The molecule has 0 saturated carbocycles. The van der Waals surface area contributed by atoms with Crippen LogP contribution in [-0.2, 0) is 28.8 Å². The highest BCUT2D eigenvalue weighted by atomic mass is 33.1. The van der Waals surface area contributed by atoms with Gasteiger partial charge in [0.1, 0.15) is 0 Å². The second kappa shape index (κ2) is 13.4. The second-order valence-corrected chi connectivity index (χ2v) is 7.85. The average Bonchev–Trinajstić information content (AvgIpc) is 2.75. The Morgan fingerprint density at radius 3 is 1.07 bits per heavy atom. The quantitative estimate of drug-likeness (QED) is 0.237. The molecule has 30 heavy (non-hydrogen) atoms. The van der Waals surface area contributed by atoms with Crippen LogP contribution in [0.5, 0.6) is 0 Å². The fourth-order valence-electron chi connectivity index (χ4n) is 1.73. The van der Waals surface area contributed by atoms with E-state index in [-0.39, 0.29) is 11.5 Å².